The molecule has 0 aromatic heterocycles. The van der Waals surface area contributed by atoms with Crippen LogP contribution in [-0.4, -0.2) is 5.84 Å². The molecule has 0 aromatic rings. The van der Waals surface area contributed by atoms with E-state index in [1.54, 1.807) is 0 Å². The predicted molar refractivity (Wildman–Crippen MR) is 30.4 cm³/mol. The molecule has 0 saturated heterocycles. The monoisotopic (exact) mass is 119 g/mol. The third-order valence-corrected chi connectivity index (χ3v) is 1.76. The normalized spacial score (nSPS) is 19.8. The van der Waals surface area contributed by atoms with Crippen molar-refractivity contribution in [3.05, 3.63) is 0 Å². The maximum Gasteiger partial charge on any atom is 0.143 e. The number of nitrogens with zero attached hydrogens (tertiary/aromatic N) is 2. The van der Waals surface area contributed by atoms with Gasteiger partial charge >= 0.3 is 0 Å². The van der Waals surface area contributed by atoms with E-state index in [0.717, 1.165) is 5.84 Å². The van der Waals surface area contributed by atoms with Crippen LogP contribution in [0, 0.1) is 0 Å². The average Bonchev–Trinajstić information content (AvgIpc) is 1.86. The SMILES string of the molecule is CC1=NSS[N]1. The van der Waals surface area contributed by atoms with E-state index in [1.165, 1.54) is 22.0 Å². The van der Waals surface area contributed by atoms with Gasteiger partial charge in [0.05, 0.1) is 22.0 Å². The zero-order valence-electron chi connectivity index (χ0n) is 3.21. The Morgan fingerprint density at radius 3 is 2.50 bits per heavy atom. The lowest BCUT2D eigenvalue weighted by molar-refractivity contribution is 1.47. The van der Waals surface area contributed by atoms with Gasteiger partial charge in [0, 0.05) is 0 Å². The van der Waals surface area contributed by atoms with Crippen LogP contribution in [0.15, 0.2) is 4.40 Å². The van der Waals surface area contributed by atoms with Crippen molar-refractivity contribution in [3.8, 4) is 0 Å². The Hall–Kier alpha value is 0.170. The number of rotatable bonds is 0. The molecule has 1 aliphatic rings. The van der Waals surface area contributed by atoms with Gasteiger partial charge in [-0.05, 0) is 6.92 Å². The lowest BCUT2D eigenvalue weighted by Crippen LogP contribution is -1.93. The Morgan fingerprint density at radius 1 is 1.50 bits per heavy atom. The Balaban J connectivity index is 2.45. The van der Waals surface area contributed by atoms with Crippen LogP contribution >= 0.6 is 22.0 Å². The fourth-order valence-corrected chi connectivity index (χ4v) is 1.42. The zero-order valence-corrected chi connectivity index (χ0v) is 4.84. The molecule has 4 heteroatoms. The molecule has 0 atom stereocenters. The standard InChI is InChI=1S/C2H3N2S2/c1-2-3-5-6-4-2/h1H3. The van der Waals surface area contributed by atoms with Crippen molar-refractivity contribution in [1.29, 1.82) is 0 Å². The van der Waals surface area contributed by atoms with Crippen molar-refractivity contribution in [2.45, 2.75) is 6.92 Å². The number of amidine groups is 1. The van der Waals surface area contributed by atoms with E-state index in [1.807, 2.05) is 6.92 Å². The largest absolute Gasteiger partial charge is 0.187 e. The molecular weight excluding hydrogens is 116 g/mol. The second-order valence-electron chi connectivity index (χ2n) is 0.879. The van der Waals surface area contributed by atoms with Crippen LogP contribution in [0.5, 0.6) is 0 Å². The van der Waals surface area contributed by atoms with E-state index < -0.39 is 0 Å². The number of hydrogen-bond acceptors (Lipinski definition) is 3. The van der Waals surface area contributed by atoms with Crippen molar-refractivity contribution in [2.75, 3.05) is 0 Å². The molecule has 0 saturated carbocycles. The minimum Gasteiger partial charge on any atom is -0.187 e. The van der Waals surface area contributed by atoms with Gasteiger partial charge in [0.25, 0.3) is 0 Å². The molecule has 0 bridgehead atoms. The fraction of sp³-hybridized carbons (Fsp3) is 0.500. The summed E-state index contributed by atoms with van der Waals surface area (Å²) in [5.74, 6) is 0.880. The highest BCUT2D eigenvalue weighted by Crippen LogP contribution is 2.25. The van der Waals surface area contributed by atoms with Crippen LogP contribution in [0.2, 0.25) is 0 Å². The zero-order chi connectivity index (χ0) is 4.41. The molecule has 2 nitrogen and oxygen atoms in total. The summed E-state index contributed by atoms with van der Waals surface area (Å²) in [6, 6.07) is 0. The van der Waals surface area contributed by atoms with E-state index in [2.05, 4.69) is 9.12 Å². The van der Waals surface area contributed by atoms with Crippen LogP contribution < -0.4 is 4.72 Å². The van der Waals surface area contributed by atoms with Crippen LogP contribution in [0.4, 0.5) is 0 Å². The maximum atomic E-state index is 3.87. The highest BCUT2D eigenvalue weighted by atomic mass is 33.1. The van der Waals surface area contributed by atoms with Crippen LogP contribution in [0.3, 0.4) is 0 Å². The Morgan fingerprint density at radius 2 is 2.33 bits per heavy atom. The first-order chi connectivity index (χ1) is 2.89. The summed E-state index contributed by atoms with van der Waals surface area (Å²) in [7, 11) is 2.84. The molecule has 1 radical (unpaired) electrons. The smallest absolute Gasteiger partial charge is 0.143 e. The molecule has 0 aliphatic carbocycles. The van der Waals surface area contributed by atoms with Crippen LogP contribution in [-0.2, 0) is 0 Å². The minimum absolute atomic E-state index is 0.880. The maximum absolute atomic E-state index is 3.87. The molecule has 0 amide bonds. The topological polar surface area (TPSA) is 26.5 Å². The average molecular weight is 119 g/mol. The summed E-state index contributed by atoms with van der Waals surface area (Å²) in [6.07, 6.45) is 0. The molecule has 0 aromatic carbocycles. The molecule has 0 N–H and O–H groups in total. The van der Waals surface area contributed by atoms with Crippen molar-refractivity contribution < 1.29 is 0 Å². The van der Waals surface area contributed by atoms with Gasteiger partial charge in [0.15, 0.2) is 0 Å². The van der Waals surface area contributed by atoms with Crippen molar-refractivity contribution in [2.24, 2.45) is 4.40 Å². The molecule has 1 aliphatic heterocycles. The van der Waals surface area contributed by atoms with Gasteiger partial charge < -0.3 is 0 Å². The first kappa shape index (κ1) is 4.33. The van der Waals surface area contributed by atoms with Gasteiger partial charge in [-0.15, -0.1) is 0 Å². The fourth-order valence-electron chi connectivity index (χ4n) is 0.158. The molecule has 0 unspecified atom stereocenters. The Kier molecular flexibility index (Phi) is 1.26. The number of hydrogen-bond donors (Lipinski definition) is 0. The van der Waals surface area contributed by atoms with E-state index >= 15 is 0 Å². The second kappa shape index (κ2) is 1.75. The first-order valence-electron chi connectivity index (χ1n) is 1.48. The molecule has 1 rings (SSSR count). The Bertz CT molecular complexity index is 79.6. The van der Waals surface area contributed by atoms with Crippen LogP contribution in [0.1, 0.15) is 6.92 Å². The van der Waals surface area contributed by atoms with Gasteiger partial charge in [0.2, 0.25) is 0 Å². The summed E-state index contributed by atoms with van der Waals surface area (Å²) in [5.41, 5.74) is 0. The lowest BCUT2D eigenvalue weighted by atomic mass is 10.8. The van der Waals surface area contributed by atoms with Crippen molar-refractivity contribution in [1.82, 2.24) is 4.72 Å². The van der Waals surface area contributed by atoms with Gasteiger partial charge in [-0.1, -0.05) is 0 Å². The van der Waals surface area contributed by atoms with Gasteiger partial charge in [-0.25, -0.2) is 0 Å². The summed E-state index contributed by atoms with van der Waals surface area (Å²) < 4.78 is 7.73. The van der Waals surface area contributed by atoms with E-state index in [0.29, 0.717) is 0 Å². The predicted octanol–water partition coefficient (Wildman–Crippen LogP) is 1.23. The summed E-state index contributed by atoms with van der Waals surface area (Å²) in [6.45, 7) is 1.88. The third kappa shape index (κ3) is 0.815. The van der Waals surface area contributed by atoms with Gasteiger partial charge in [0.1, 0.15) is 5.84 Å². The van der Waals surface area contributed by atoms with Gasteiger partial charge in [-0.3, -0.25) is 0 Å². The van der Waals surface area contributed by atoms with Gasteiger partial charge in [-0.2, -0.15) is 9.12 Å². The highest BCUT2D eigenvalue weighted by Gasteiger charge is 2.00. The van der Waals surface area contributed by atoms with Crippen molar-refractivity contribution in [3.63, 3.8) is 0 Å². The summed E-state index contributed by atoms with van der Waals surface area (Å²) in [5, 5.41) is 0. The summed E-state index contributed by atoms with van der Waals surface area (Å²) >= 11 is 0. The molecule has 33 valence electrons. The van der Waals surface area contributed by atoms with E-state index in [4.69, 9.17) is 0 Å². The molecular formula is C2H3N2S2. The van der Waals surface area contributed by atoms with Crippen molar-refractivity contribution >= 4 is 27.8 Å². The second-order valence-corrected chi connectivity index (χ2v) is 2.44. The minimum atomic E-state index is 0.880. The van der Waals surface area contributed by atoms with E-state index in [-0.39, 0.29) is 0 Å². The summed E-state index contributed by atoms with van der Waals surface area (Å²) in [4.78, 5) is 0. The molecule has 0 fully saturated rings. The molecule has 0 spiro atoms. The highest BCUT2D eigenvalue weighted by molar-refractivity contribution is 8.76. The lowest BCUT2D eigenvalue weighted by Gasteiger charge is -1.75. The Labute approximate surface area is 44.5 Å². The molecule has 1 heterocycles. The van der Waals surface area contributed by atoms with E-state index in [9.17, 15) is 0 Å². The third-order valence-electron chi connectivity index (χ3n) is 0.372. The first-order valence-corrected chi connectivity index (χ1v) is 3.54. The van der Waals surface area contributed by atoms with Crippen LogP contribution in [0.25, 0.3) is 0 Å². The molecule has 6 heavy (non-hydrogen) atoms. The quantitative estimate of drug-likeness (QED) is 0.354.